The number of carbonyl (C=O) groups excluding carboxylic acids is 1. The maximum Gasteiger partial charge on any atom is 0.247 e. The molecule has 0 radical (unpaired) electrons. The molecule has 0 saturated carbocycles. The number of anilines is 1. The van der Waals surface area contributed by atoms with E-state index in [0.29, 0.717) is 41.5 Å². The van der Waals surface area contributed by atoms with Gasteiger partial charge in [-0.2, -0.15) is 4.31 Å². The van der Waals surface area contributed by atoms with Gasteiger partial charge in [0.1, 0.15) is 17.4 Å². The number of sulfonamides is 1. The van der Waals surface area contributed by atoms with E-state index in [0.717, 1.165) is 23.4 Å². The van der Waals surface area contributed by atoms with Gasteiger partial charge < -0.3 is 4.90 Å². The van der Waals surface area contributed by atoms with Gasteiger partial charge in [-0.05, 0) is 76.3 Å². The number of amides is 1. The van der Waals surface area contributed by atoms with E-state index in [-0.39, 0.29) is 17.3 Å². The molecule has 1 aromatic heterocycles. The van der Waals surface area contributed by atoms with Crippen LogP contribution in [0.1, 0.15) is 19.3 Å². The molecule has 182 valence electrons. The van der Waals surface area contributed by atoms with E-state index in [1.54, 1.807) is 11.0 Å². The molecule has 1 unspecified atom stereocenters. The summed E-state index contributed by atoms with van der Waals surface area (Å²) >= 11 is 7.67. The molecule has 2 aromatic carbocycles. The van der Waals surface area contributed by atoms with Gasteiger partial charge in [-0.1, -0.05) is 29.0 Å². The maximum absolute atomic E-state index is 13.8. The molecule has 1 fully saturated rings. The summed E-state index contributed by atoms with van der Waals surface area (Å²) in [6.07, 6.45) is 1.67. The Morgan fingerprint density at radius 1 is 1.21 bits per heavy atom. The Hall–Kier alpha value is -2.11. The highest BCUT2D eigenvalue weighted by molar-refractivity contribution is 7.89. The van der Waals surface area contributed by atoms with Gasteiger partial charge in [-0.3, -0.25) is 9.69 Å². The van der Waals surface area contributed by atoms with E-state index in [1.165, 1.54) is 27.8 Å². The molecule has 1 atom stereocenters. The standard InChI is InChI=1S/C23H26ClFN4O3S2/c1-27(2)13-5-14-28(23-26-21-18(24)6-3-8-20(21)33-23)22(30)19-7-4-15-29(19)34(31,32)17-11-9-16(25)10-12-17/h3,6,8-12,19H,4-5,7,13-15H2,1-2H3. The zero-order valence-electron chi connectivity index (χ0n) is 18.9. The van der Waals surface area contributed by atoms with Crippen LogP contribution in [-0.4, -0.2) is 68.3 Å². The lowest BCUT2D eigenvalue weighted by Crippen LogP contribution is -2.48. The molecule has 1 aliphatic rings. The fourth-order valence-corrected chi connectivity index (χ4v) is 7.01. The molecular weight excluding hydrogens is 499 g/mol. The molecule has 0 N–H and O–H groups in total. The van der Waals surface area contributed by atoms with Gasteiger partial charge in [0, 0.05) is 13.1 Å². The molecule has 1 aliphatic heterocycles. The second-order valence-electron chi connectivity index (χ2n) is 8.46. The van der Waals surface area contributed by atoms with Crippen molar-refractivity contribution in [1.29, 1.82) is 0 Å². The quantitative estimate of drug-likeness (QED) is 0.441. The van der Waals surface area contributed by atoms with Gasteiger partial charge in [0.2, 0.25) is 15.9 Å². The Morgan fingerprint density at radius 3 is 2.62 bits per heavy atom. The van der Waals surface area contributed by atoms with E-state index < -0.39 is 21.9 Å². The first-order valence-electron chi connectivity index (χ1n) is 11.0. The van der Waals surface area contributed by atoms with Crippen LogP contribution in [0, 0.1) is 5.82 Å². The highest BCUT2D eigenvalue weighted by Gasteiger charge is 2.42. The van der Waals surface area contributed by atoms with Crippen LogP contribution in [0.15, 0.2) is 47.4 Å². The van der Waals surface area contributed by atoms with E-state index in [4.69, 9.17) is 11.6 Å². The second-order valence-corrected chi connectivity index (χ2v) is 11.8. The number of rotatable bonds is 8. The van der Waals surface area contributed by atoms with E-state index in [9.17, 15) is 17.6 Å². The van der Waals surface area contributed by atoms with Crippen molar-refractivity contribution in [2.45, 2.75) is 30.2 Å². The predicted octanol–water partition coefficient (Wildman–Crippen LogP) is 4.23. The Morgan fingerprint density at radius 2 is 1.94 bits per heavy atom. The number of carbonyl (C=O) groups is 1. The van der Waals surface area contributed by atoms with Crippen molar-refractivity contribution < 1.29 is 17.6 Å². The molecule has 3 aromatic rings. The van der Waals surface area contributed by atoms with Crippen LogP contribution in [0.4, 0.5) is 9.52 Å². The summed E-state index contributed by atoms with van der Waals surface area (Å²) in [5, 5.41) is 1.000. The van der Waals surface area contributed by atoms with Gasteiger partial charge >= 0.3 is 0 Å². The van der Waals surface area contributed by atoms with Gasteiger partial charge in [0.05, 0.1) is 14.6 Å². The Labute approximate surface area is 207 Å². The normalized spacial score (nSPS) is 17.0. The third kappa shape index (κ3) is 5.11. The van der Waals surface area contributed by atoms with Gasteiger partial charge in [0.25, 0.3) is 0 Å². The number of nitrogens with zero attached hydrogens (tertiary/aromatic N) is 4. The minimum atomic E-state index is -3.96. The van der Waals surface area contributed by atoms with Crippen molar-refractivity contribution in [2.24, 2.45) is 0 Å². The zero-order valence-corrected chi connectivity index (χ0v) is 21.3. The number of aromatic nitrogens is 1. The molecular formula is C23H26ClFN4O3S2. The highest BCUT2D eigenvalue weighted by Crippen LogP contribution is 2.35. The Balaban J connectivity index is 1.66. The van der Waals surface area contributed by atoms with Crippen LogP contribution < -0.4 is 4.90 Å². The fourth-order valence-electron chi connectivity index (χ4n) is 4.06. The van der Waals surface area contributed by atoms with Crippen molar-refractivity contribution in [3.63, 3.8) is 0 Å². The Kier molecular flexibility index (Phi) is 7.54. The largest absolute Gasteiger partial charge is 0.309 e. The van der Waals surface area contributed by atoms with Crippen LogP contribution in [0.25, 0.3) is 10.2 Å². The van der Waals surface area contributed by atoms with E-state index in [2.05, 4.69) is 4.98 Å². The summed E-state index contributed by atoms with van der Waals surface area (Å²) in [5.74, 6) is -0.827. The van der Waals surface area contributed by atoms with Crippen LogP contribution >= 0.6 is 22.9 Å². The van der Waals surface area contributed by atoms with E-state index >= 15 is 0 Å². The summed E-state index contributed by atoms with van der Waals surface area (Å²) in [6.45, 7) is 1.39. The number of thiazole rings is 1. The Bertz CT molecular complexity index is 1280. The minimum Gasteiger partial charge on any atom is -0.309 e. The van der Waals surface area contributed by atoms with Gasteiger partial charge in [-0.25, -0.2) is 17.8 Å². The van der Waals surface area contributed by atoms with Crippen molar-refractivity contribution in [3.8, 4) is 0 Å². The average Bonchev–Trinajstić information content (AvgIpc) is 3.45. The summed E-state index contributed by atoms with van der Waals surface area (Å²) in [5.41, 5.74) is 0.622. The molecule has 1 saturated heterocycles. The van der Waals surface area contributed by atoms with Crippen LogP contribution in [0.3, 0.4) is 0 Å². The summed E-state index contributed by atoms with van der Waals surface area (Å²) in [7, 11) is -0.0459. The fraction of sp³-hybridized carbons (Fsp3) is 0.391. The highest BCUT2D eigenvalue weighted by atomic mass is 35.5. The molecule has 0 bridgehead atoms. The number of fused-ring (bicyclic) bond motifs is 1. The zero-order chi connectivity index (χ0) is 24.5. The van der Waals surface area contributed by atoms with Gasteiger partial charge in [-0.15, -0.1) is 0 Å². The summed E-state index contributed by atoms with van der Waals surface area (Å²) < 4.78 is 42.1. The molecule has 7 nitrogen and oxygen atoms in total. The first-order valence-corrected chi connectivity index (χ1v) is 13.6. The second kappa shape index (κ2) is 10.2. The molecule has 11 heteroatoms. The number of para-hydroxylation sites is 1. The molecule has 4 rings (SSSR count). The molecule has 34 heavy (non-hydrogen) atoms. The lowest BCUT2D eigenvalue weighted by atomic mass is 10.2. The lowest BCUT2D eigenvalue weighted by molar-refractivity contribution is -0.121. The van der Waals surface area contributed by atoms with E-state index in [1.807, 2.05) is 31.1 Å². The molecule has 0 aliphatic carbocycles. The topological polar surface area (TPSA) is 73.8 Å². The van der Waals surface area contributed by atoms with Crippen molar-refractivity contribution in [1.82, 2.24) is 14.2 Å². The third-order valence-electron chi connectivity index (χ3n) is 5.75. The van der Waals surface area contributed by atoms with Crippen LogP contribution in [-0.2, 0) is 14.8 Å². The first kappa shape index (κ1) is 25.0. The number of hydrogen-bond donors (Lipinski definition) is 0. The lowest BCUT2D eigenvalue weighted by Gasteiger charge is -2.29. The minimum absolute atomic E-state index is 0.0282. The summed E-state index contributed by atoms with van der Waals surface area (Å²) in [6, 6.07) is 9.31. The number of hydrogen-bond acceptors (Lipinski definition) is 6. The van der Waals surface area contributed by atoms with Crippen LogP contribution in [0.2, 0.25) is 5.02 Å². The van der Waals surface area contributed by atoms with Crippen molar-refractivity contribution in [3.05, 3.63) is 53.3 Å². The number of halogens is 2. The average molecular weight is 525 g/mol. The molecule has 0 spiro atoms. The van der Waals surface area contributed by atoms with Crippen molar-refractivity contribution in [2.75, 3.05) is 38.6 Å². The first-order chi connectivity index (χ1) is 16.2. The van der Waals surface area contributed by atoms with Crippen molar-refractivity contribution >= 4 is 54.2 Å². The monoisotopic (exact) mass is 524 g/mol. The predicted molar refractivity (Wildman–Crippen MR) is 133 cm³/mol. The number of benzene rings is 2. The summed E-state index contributed by atoms with van der Waals surface area (Å²) in [4.78, 5) is 22.0. The van der Waals surface area contributed by atoms with Crippen LogP contribution in [0.5, 0.6) is 0 Å². The SMILES string of the molecule is CN(C)CCCN(C(=O)C1CCCN1S(=O)(=O)c1ccc(F)cc1)c1nc2c(Cl)cccc2s1. The van der Waals surface area contributed by atoms with Gasteiger partial charge in [0.15, 0.2) is 5.13 Å². The third-order valence-corrected chi connectivity index (χ3v) is 9.02. The molecule has 2 heterocycles. The maximum atomic E-state index is 13.8. The molecule has 1 amide bonds. The smallest absolute Gasteiger partial charge is 0.247 e.